The van der Waals surface area contributed by atoms with Crippen LogP contribution in [-0.2, 0) is 0 Å². The third kappa shape index (κ3) is 2.79. The van der Waals surface area contributed by atoms with E-state index in [1.165, 1.54) is 13.2 Å². The van der Waals surface area contributed by atoms with E-state index in [1.807, 2.05) is 0 Å². The largest absolute Gasteiger partial charge is 0.489 e. The number of nitrogens with one attached hydrogen (secondary N) is 1. The fraction of sp³-hybridized carbons (Fsp3) is 0.0909. The molecular formula is C11H10FN5O4. The Kier molecular flexibility index (Phi) is 4.09. The van der Waals surface area contributed by atoms with Gasteiger partial charge in [0.2, 0.25) is 11.5 Å². The number of anilines is 1. The van der Waals surface area contributed by atoms with E-state index in [-0.39, 0.29) is 17.4 Å². The van der Waals surface area contributed by atoms with Crippen LogP contribution in [0.15, 0.2) is 24.5 Å². The number of aromatic nitrogens is 2. The van der Waals surface area contributed by atoms with Crippen molar-refractivity contribution in [2.75, 3.05) is 12.5 Å². The van der Waals surface area contributed by atoms with Crippen LogP contribution >= 0.6 is 0 Å². The van der Waals surface area contributed by atoms with Crippen molar-refractivity contribution in [2.24, 2.45) is 5.84 Å². The summed E-state index contributed by atoms with van der Waals surface area (Å²) in [6.07, 6.45) is 1.08. The first-order valence-electron chi connectivity index (χ1n) is 5.54. The molecule has 0 aliphatic carbocycles. The summed E-state index contributed by atoms with van der Waals surface area (Å²) in [4.78, 5) is 17.7. The summed E-state index contributed by atoms with van der Waals surface area (Å²) >= 11 is 0. The summed E-state index contributed by atoms with van der Waals surface area (Å²) in [5.41, 5.74) is 1.70. The average molecular weight is 295 g/mol. The predicted octanol–water partition coefficient (Wildman–Crippen LogP) is 1.61. The highest BCUT2D eigenvalue weighted by Gasteiger charge is 2.23. The van der Waals surface area contributed by atoms with Gasteiger partial charge >= 0.3 is 5.69 Å². The number of ether oxygens (including phenoxy) is 2. The van der Waals surface area contributed by atoms with Crippen molar-refractivity contribution < 1.29 is 18.8 Å². The zero-order chi connectivity index (χ0) is 15.4. The number of methoxy groups -OCH3 is 1. The van der Waals surface area contributed by atoms with Gasteiger partial charge < -0.3 is 14.9 Å². The van der Waals surface area contributed by atoms with Gasteiger partial charge in [-0.15, -0.1) is 0 Å². The Balaban J connectivity index is 2.51. The standard InChI is InChI=1S/C11H10FN5O4/c1-20-9-10(16-13)14-5-15-11(9)21-8-6(12)3-2-4-7(8)17(18)19/h2-5H,13H2,1H3,(H,14,15,16). The molecule has 0 spiro atoms. The number of hydrogen-bond donors (Lipinski definition) is 2. The van der Waals surface area contributed by atoms with E-state index in [9.17, 15) is 14.5 Å². The lowest BCUT2D eigenvalue weighted by atomic mass is 10.3. The number of nitrogens with two attached hydrogens (primary N) is 1. The highest BCUT2D eigenvalue weighted by atomic mass is 19.1. The molecule has 0 fully saturated rings. The zero-order valence-corrected chi connectivity index (χ0v) is 10.7. The molecule has 0 bridgehead atoms. The molecule has 0 aliphatic rings. The number of nitro groups is 1. The van der Waals surface area contributed by atoms with Gasteiger partial charge in [-0.25, -0.2) is 15.2 Å². The minimum atomic E-state index is -0.910. The first kappa shape index (κ1) is 14.4. The van der Waals surface area contributed by atoms with Gasteiger partial charge in [-0.3, -0.25) is 10.1 Å². The summed E-state index contributed by atoms with van der Waals surface area (Å²) in [5.74, 6) is 3.60. The fourth-order valence-corrected chi connectivity index (χ4v) is 1.56. The van der Waals surface area contributed by atoms with E-state index in [2.05, 4.69) is 15.4 Å². The second kappa shape index (κ2) is 5.96. The number of benzene rings is 1. The third-order valence-electron chi connectivity index (χ3n) is 2.45. The number of nitro benzene ring substituents is 1. The maximum Gasteiger partial charge on any atom is 0.314 e. The predicted molar refractivity (Wildman–Crippen MR) is 69.5 cm³/mol. The molecule has 1 aromatic carbocycles. The second-order valence-electron chi connectivity index (χ2n) is 3.65. The van der Waals surface area contributed by atoms with E-state index in [0.717, 1.165) is 18.5 Å². The SMILES string of the molecule is COc1c(NN)ncnc1Oc1c(F)cccc1[N+](=O)[O-]. The molecule has 3 N–H and O–H groups in total. The monoisotopic (exact) mass is 295 g/mol. The summed E-state index contributed by atoms with van der Waals surface area (Å²) in [6, 6.07) is 3.33. The molecular weight excluding hydrogens is 285 g/mol. The number of hydrazine groups is 1. The van der Waals surface area contributed by atoms with Gasteiger partial charge in [0.15, 0.2) is 11.6 Å². The van der Waals surface area contributed by atoms with Crippen LogP contribution in [0.4, 0.5) is 15.9 Å². The normalized spacial score (nSPS) is 10.0. The smallest absolute Gasteiger partial charge is 0.314 e. The Hall–Kier alpha value is -3.01. The Morgan fingerprint density at radius 1 is 1.38 bits per heavy atom. The molecule has 0 saturated carbocycles. The maximum absolute atomic E-state index is 13.8. The Labute approximate surface area is 117 Å². The maximum atomic E-state index is 13.8. The van der Waals surface area contributed by atoms with E-state index in [4.69, 9.17) is 15.3 Å². The summed E-state index contributed by atoms with van der Waals surface area (Å²) in [5, 5.41) is 10.9. The van der Waals surface area contributed by atoms with Gasteiger partial charge in [-0.1, -0.05) is 6.07 Å². The van der Waals surface area contributed by atoms with E-state index >= 15 is 0 Å². The number of hydrogen-bond acceptors (Lipinski definition) is 8. The van der Waals surface area contributed by atoms with Crippen LogP contribution in [0.3, 0.4) is 0 Å². The van der Waals surface area contributed by atoms with Crippen molar-refractivity contribution in [1.29, 1.82) is 0 Å². The van der Waals surface area contributed by atoms with Crippen LogP contribution in [-0.4, -0.2) is 22.0 Å². The van der Waals surface area contributed by atoms with Gasteiger partial charge in [0.05, 0.1) is 12.0 Å². The Morgan fingerprint density at radius 3 is 2.76 bits per heavy atom. The van der Waals surface area contributed by atoms with E-state index in [0.29, 0.717) is 0 Å². The Bertz CT molecular complexity index is 682. The molecule has 2 rings (SSSR count). The van der Waals surface area contributed by atoms with Crippen molar-refractivity contribution in [3.63, 3.8) is 0 Å². The molecule has 10 heteroatoms. The molecule has 1 aromatic heterocycles. The molecule has 0 radical (unpaired) electrons. The molecule has 0 unspecified atom stereocenters. The number of halogens is 1. The highest BCUT2D eigenvalue weighted by Crippen LogP contribution is 2.38. The van der Waals surface area contributed by atoms with Crippen LogP contribution in [0.25, 0.3) is 0 Å². The molecule has 9 nitrogen and oxygen atoms in total. The quantitative estimate of drug-likeness (QED) is 0.484. The van der Waals surface area contributed by atoms with Gasteiger partial charge in [0.1, 0.15) is 6.33 Å². The lowest BCUT2D eigenvalue weighted by molar-refractivity contribution is -0.385. The van der Waals surface area contributed by atoms with Crippen molar-refractivity contribution >= 4 is 11.5 Å². The van der Waals surface area contributed by atoms with Crippen molar-refractivity contribution in [2.45, 2.75) is 0 Å². The lowest BCUT2D eigenvalue weighted by Gasteiger charge is -2.11. The summed E-state index contributed by atoms with van der Waals surface area (Å²) in [7, 11) is 1.29. The van der Waals surface area contributed by atoms with Crippen molar-refractivity contribution in [1.82, 2.24) is 9.97 Å². The Morgan fingerprint density at radius 2 is 2.14 bits per heavy atom. The van der Waals surface area contributed by atoms with Crippen molar-refractivity contribution in [3.05, 3.63) is 40.5 Å². The van der Waals surface area contributed by atoms with Crippen LogP contribution in [0.1, 0.15) is 0 Å². The molecule has 2 aromatic rings. The van der Waals surface area contributed by atoms with E-state index < -0.39 is 22.2 Å². The molecule has 1 heterocycles. The number of nitrogen functional groups attached to an aromatic ring is 1. The molecule has 21 heavy (non-hydrogen) atoms. The second-order valence-corrected chi connectivity index (χ2v) is 3.65. The number of nitrogens with zero attached hydrogens (tertiary/aromatic N) is 3. The number of rotatable bonds is 5. The van der Waals surface area contributed by atoms with Crippen LogP contribution in [0.5, 0.6) is 17.4 Å². The van der Waals surface area contributed by atoms with Crippen LogP contribution in [0.2, 0.25) is 0 Å². The number of para-hydroxylation sites is 1. The topological polar surface area (TPSA) is 125 Å². The molecule has 0 atom stereocenters. The molecule has 0 amide bonds. The van der Waals surface area contributed by atoms with Gasteiger partial charge in [0.25, 0.3) is 5.88 Å². The van der Waals surface area contributed by atoms with E-state index in [1.54, 1.807) is 0 Å². The van der Waals surface area contributed by atoms with Crippen LogP contribution in [0, 0.1) is 15.9 Å². The first-order valence-corrected chi connectivity index (χ1v) is 5.54. The molecule has 110 valence electrons. The highest BCUT2D eigenvalue weighted by molar-refractivity contribution is 5.57. The van der Waals surface area contributed by atoms with Gasteiger partial charge in [-0.2, -0.15) is 4.98 Å². The average Bonchev–Trinajstić information content (AvgIpc) is 2.48. The fourth-order valence-electron chi connectivity index (χ4n) is 1.56. The van der Waals surface area contributed by atoms with Gasteiger partial charge in [-0.05, 0) is 6.07 Å². The van der Waals surface area contributed by atoms with Gasteiger partial charge in [0, 0.05) is 6.07 Å². The third-order valence-corrected chi connectivity index (χ3v) is 2.45. The minimum Gasteiger partial charge on any atom is -0.489 e. The van der Waals surface area contributed by atoms with Crippen LogP contribution < -0.4 is 20.7 Å². The zero-order valence-electron chi connectivity index (χ0n) is 10.7. The van der Waals surface area contributed by atoms with Crippen molar-refractivity contribution in [3.8, 4) is 17.4 Å². The first-order chi connectivity index (χ1) is 10.1. The molecule has 0 aliphatic heterocycles. The minimum absolute atomic E-state index is 0.0162. The lowest BCUT2D eigenvalue weighted by Crippen LogP contribution is -2.11. The summed E-state index contributed by atoms with van der Waals surface area (Å²) in [6.45, 7) is 0. The summed E-state index contributed by atoms with van der Waals surface area (Å²) < 4.78 is 23.9. The molecule has 0 saturated heterocycles.